The number of ether oxygens (including phenoxy) is 1. The summed E-state index contributed by atoms with van der Waals surface area (Å²) in [6, 6.07) is 21.9. The number of para-hydroxylation sites is 2. The Morgan fingerprint density at radius 2 is 1.67 bits per heavy atom. The molecule has 1 aromatic heterocycles. The van der Waals surface area contributed by atoms with E-state index in [-0.39, 0.29) is 5.41 Å². The minimum absolute atomic E-state index is 0.126. The summed E-state index contributed by atoms with van der Waals surface area (Å²) in [5.74, 6) is 1.67. The highest BCUT2D eigenvalue weighted by Crippen LogP contribution is 2.32. The maximum absolute atomic E-state index is 6.48. The van der Waals surface area contributed by atoms with Crippen LogP contribution in [0.3, 0.4) is 0 Å². The summed E-state index contributed by atoms with van der Waals surface area (Å²) in [4.78, 5) is 4.82. The molecule has 3 aromatic carbocycles. The van der Waals surface area contributed by atoms with Crippen molar-refractivity contribution in [2.24, 2.45) is 0 Å². The fourth-order valence-electron chi connectivity index (χ4n) is 3.48. The van der Waals surface area contributed by atoms with Gasteiger partial charge in [-0.2, -0.15) is 0 Å². The van der Waals surface area contributed by atoms with E-state index in [0.29, 0.717) is 23.2 Å². The minimum atomic E-state index is 0.126. The fourth-order valence-corrected chi connectivity index (χ4v) is 3.98. The zero-order valence-corrected chi connectivity index (χ0v) is 18.8. The van der Waals surface area contributed by atoms with Crippen LogP contribution in [-0.2, 0) is 12.0 Å². The van der Waals surface area contributed by atoms with Crippen molar-refractivity contribution in [1.82, 2.24) is 9.55 Å². The van der Waals surface area contributed by atoms with Gasteiger partial charge in [-0.1, -0.05) is 68.2 Å². The van der Waals surface area contributed by atoms with Crippen molar-refractivity contribution in [3.05, 3.63) is 82.3 Å². The van der Waals surface area contributed by atoms with Gasteiger partial charge in [0.25, 0.3) is 0 Å². The first-order valence-corrected chi connectivity index (χ1v) is 10.7. The lowest BCUT2D eigenvalue weighted by atomic mass is 9.87. The third-order valence-electron chi connectivity index (χ3n) is 5.13. The first-order valence-electron chi connectivity index (χ1n) is 9.97. The van der Waals surface area contributed by atoms with E-state index in [4.69, 9.17) is 32.9 Å². The second kappa shape index (κ2) is 8.33. The van der Waals surface area contributed by atoms with E-state index in [1.807, 2.05) is 42.5 Å². The number of halogens is 2. The van der Waals surface area contributed by atoms with Crippen LogP contribution in [0.15, 0.2) is 66.7 Å². The van der Waals surface area contributed by atoms with E-state index in [0.717, 1.165) is 28.2 Å². The van der Waals surface area contributed by atoms with E-state index in [1.165, 1.54) is 5.56 Å². The number of nitrogens with zero attached hydrogens (tertiary/aromatic N) is 2. The quantitative estimate of drug-likeness (QED) is 0.324. The Labute approximate surface area is 187 Å². The van der Waals surface area contributed by atoms with E-state index < -0.39 is 0 Å². The van der Waals surface area contributed by atoms with E-state index in [2.05, 4.69) is 43.5 Å². The molecular formula is C25H24Cl2N2O. The molecule has 0 fully saturated rings. The number of aromatic nitrogens is 2. The molecule has 4 rings (SSSR count). The molecule has 0 atom stereocenters. The molecular weight excluding hydrogens is 415 g/mol. The lowest BCUT2D eigenvalue weighted by Crippen LogP contribution is -2.11. The number of imidazole rings is 1. The lowest BCUT2D eigenvalue weighted by molar-refractivity contribution is 0.300. The van der Waals surface area contributed by atoms with Crippen molar-refractivity contribution < 1.29 is 4.74 Å². The first-order chi connectivity index (χ1) is 14.3. The van der Waals surface area contributed by atoms with Gasteiger partial charge in [-0.25, -0.2) is 4.98 Å². The Morgan fingerprint density at radius 1 is 0.933 bits per heavy atom. The second-order valence-electron chi connectivity index (χ2n) is 8.32. The van der Waals surface area contributed by atoms with E-state index in [1.54, 1.807) is 6.07 Å². The molecule has 154 valence electrons. The molecule has 5 heteroatoms. The van der Waals surface area contributed by atoms with Gasteiger partial charge in [0, 0.05) is 10.6 Å². The third kappa shape index (κ3) is 4.33. The van der Waals surface area contributed by atoms with Crippen LogP contribution in [0.4, 0.5) is 0 Å². The summed E-state index contributed by atoms with van der Waals surface area (Å²) in [5.41, 5.74) is 4.24. The van der Waals surface area contributed by atoms with Crippen molar-refractivity contribution in [3.63, 3.8) is 0 Å². The zero-order chi connectivity index (χ0) is 21.3. The summed E-state index contributed by atoms with van der Waals surface area (Å²) < 4.78 is 8.18. The molecule has 0 aliphatic carbocycles. The van der Waals surface area contributed by atoms with Gasteiger partial charge < -0.3 is 9.30 Å². The van der Waals surface area contributed by atoms with Crippen molar-refractivity contribution in [1.29, 1.82) is 0 Å². The highest BCUT2D eigenvalue weighted by atomic mass is 35.5. The van der Waals surface area contributed by atoms with Gasteiger partial charge in [0.15, 0.2) is 0 Å². The van der Waals surface area contributed by atoms with Crippen molar-refractivity contribution in [3.8, 4) is 17.1 Å². The Bertz CT molecular complexity index is 1170. The first kappa shape index (κ1) is 20.8. The van der Waals surface area contributed by atoms with Gasteiger partial charge in [0.05, 0.1) is 22.6 Å². The summed E-state index contributed by atoms with van der Waals surface area (Å²) in [6.07, 6.45) is 0. The maximum Gasteiger partial charge on any atom is 0.142 e. The van der Waals surface area contributed by atoms with Crippen molar-refractivity contribution in [2.45, 2.75) is 32.7 Å². The Balaban J connectivity index is 1.59. The highest BCUT2D eigenvalue weighted by Gasteiger charge is 2.16. The molecule has 0 unspecified atom stereocenters. The van der Waals surface area contributed by atoms with Crippen LogP contribution in [0.1, 0.15) is 26.3 Å². The van der Waals surface area contributed by atoms with Gasteiger partial charge in [0.1, 0.15) is 18.2 Å². The summed E-state index contributed by atoms with van der Waals surface area (Å²) >= 11 is 12.6. The molecule has 3 nitrogen and oxygen atoms in total. The van der Waals surface area contributed by atoms with E-state index >= 15 is 0 Å². The molecule has 0 spiro atoms. The second-order valence-corrected chi connectivity index (χ2v) is 9.17. The van der Waals surface area contributed by atoms with Gasteiger partial charge in [-0.15, -0.1) is 0 Å². The largest absolute Gasteiger partial charge is 0.492 e. The molecule has 0 amide bonds. The molecule has 0 aliphatic heterocycles. The third-order valence-corrected chi connectivity index (χ3v) is 5.68. The summed E-state index contributed by atoms with van der Waals surface area (Å²) in [6.45, 7) is 7.78. The normalized spacial score (nSPS) is 11.8. The SMILES string of the molecule is CC(C)(C)c1ccc(OCCn2c(-c3ccc(Cl)cc3Cl)nc3ccccc32)cc1. The van der Waals surface area contributed by atoms with Gasteiger partial charge in [0.2, 0.25) is 0 Å². The van der Waals surface area contributed by atoms with Crippen LogP contribution in [0.2, 0.25) is 10.0 Å². The van der Waals surface area contributed by atoms with Crippen LogP contribution in [0.25, 0.3) is 22.4 Å². The molecule has 30 heavy (non-hydrogen) atoms. The van der Waals surface area contributed by atoms with Crippen LogP contribution in [-0.4, -0.2) is 16.2 Å². The molecule has 0 radical (unpaired) electrons. The molecule has 0 bridgehead atoms. The predicted octanol–water partition coefficient (Wildman–Crippen LogP) is 7.39. The Morgan fingerprint density at radius 3 is 2.37 bits per heavy atom. The number of benzene rings is 3. The Kier molecular flexibility index (Phi) is 5.77. The van der Waals surface area contributed by atoms with Crippen molar-refractivity contribution in [2.75, 3.05) is 6.61 Å². The standard InChI is InChI=1S/C25H24Cl2N2O/c1-25(2,3)17-8-11-19(12-9-17)30-15-14-29-23-7-5-4-6-22(23)28-24(29)20-13-10-18(26)16-21(20)27/h4-13,16H,14-15H2,1-3H3. The number of hydrogen-bond acceptors (Lipinski definition) is 2. The predicted molar refractivity (Wildman–Crippen MR) is 126 cm³/mol. The van der Waals surface area contributed by atoms with Crippen LogP contribution in [0, 0.1) is 0 Å². The molecule has 0 saturated carbocycles. The number of hydrogen-bond donors (Lipinski definition) is 0. The average molecular weight is 439 g/mol. The van der Waals surface area contributed by atoms with Gasteiger partial charge in [-0.05, 0) is 53.4 Å². The smallest absolute Gasteiger partial charge is 0.142 e. The monoisotopic (exact) mass is 438 g/mol. The van der Waals surface area contributed by atoms with Gasteiger partial charge >= 0.3 is 0 Å². The fraction of sp³-hybridized carbons (Fsp3) is 0.240. The number of rotatable bonds is 5. The maximum atomic E-state index is 6.48. The van der Waals surface area contributed by atoms with Crippen LogP contribution < -0.4 is 4.74 Å². The molecule has 0 saturated heterocycles. The Hall–Kier alpha value is -2.49. The summed E-state index contributed by atoms with van der Waals surface area (Å²) in [7, 11) is 0. The molecule has 0 N–H and O–H groups in total. The van der Waals surface area contributed by atoms with Gasteiger partial charge in [-0.3, -0.25) is 0 Å². The topological polar surface area (TPSA) is 27.1 Å². The van der Waals surface area contributed by atoms with E-state index in [9.17, 15) is 0 Å². The highest BCUT2D eigenvalue weighted by molar-refractivity contribution is 6.36. The molecule has 0 aliphatic rings. The van der Waals surface area contributed by atoms with Crippen LogP contribution >= 0.6 is 23.2 Å². The molecule has 4 aromatic rings. The van der Waals surface area contributed by atoms with Crippen LogP contribution in [0.5, 0.6) is 5.75 Å². The lowest BCUT2D eigenvalue weighted by Gasteiger charge is -2.19. The minimum Gasteiger partial charge on any atom is -0.492 e. The summed E-state index contributed by atoms with van der Waals surface area (Å²) in [5, 5.41) is 1.19. The zero-order valence-electron chi connectivity index (χ0n) is 17.3. The molecule has 1 heterocycles. The number of fused-ring (bicyclic) bond motifs is 1. The van der Waals surface area contributed by atoms with Crippen molar-refractivity contribution >= 4 is 34.2 Å². The average Bonchev–Trinajstić information content (AvgIpc) is 3.06.